The zero-order valence-electron chi connectivity index (χ0n) is 19.8. The maximum atomic E-state index is 13.0. The molecule has 2 aliphatic rings. The van der Waals surface area contributed by atoms with Crippen LogP contribution in [0.4, 0.5) is 0 Å². The first-order valence-electron chi connectivity index (χ1n) is 12.4. The molecule has 1 aliphatic carbocycles. The van der Waals surface area contributed by atoms with Gasteiger partial charge in [-0.05, 0) is 84.7 Å². The van der Waals surface area contributed by atoms with E-state index >= 15 is 0 Å². The largest absolute Gasteiger partial charge is 0.372 e. The predicted molar refractivity (Wildman–Crippen MR) is 126 cm³/mol. The Morgan fingerprint density at radius 1 is 1.06 bits per heavy atom. The van der Waals surface area contributed by atoms with Gasteiger partial charge in [0.1, 0.15) is 25.7 Å². The molecule has 0 spiro atoms. The summed E-state index contributed by atoms with van der Waals surface area (Å²) in [7, 11) is 0. The number of nitrogens with one attached hydrogen (secondary N) is 2. The first kappa shape index (κ1) is 22.2. The number of pyridine rings is 1. The van der Waals surface area contributed by atoms with Gasteiger partial charge in [0.15, 0.2) is 0 Å². The van der Waals surface area contributed by atoms with E-state index in [1.807, 2.05) is 4.68 Å². The number of aromatic nitrogens is 5. The maximum absolute atomic E-state index is 13.0. The SMILES string of the molecule is Cc1cc2cc(C[NH+](Cc3nnnn3C3CCCCC3)C[C@@H]3CCCO3)c(=O)[nH]c2cc1C. The van der Waals surface area contributed by atoms with E-state index in [9.17, 15) is 4.79 Å². The van der Waals surface area contributed by atoms with Crippen molar-refractivity contribution in [1.82, 2.24) is 25.2 Å². The lowest BCUT2D eigenvalue weighted by Gasteiger charge is -2.25. The lowest BCUT2D eigenvalue weighted by molar-refractivity contribution is -0.931. The summed E-state index contributed by atoms with van der Waals surface area (Å²) in [4.78, 5) is 17.3. The summed E-state index contributed by atoms with van der Waals surface area (Å²) in [6.07, 6.45) is 8.46. The Hall–Kier alpha value is -2.58. The van der Waals surface area contributed by atoms with Gasteiger partial charge in [-0.3, -0.25) is 4.79 Å². The Labute approximate surface area is 194 Å². The van der Waals surface area contributed by atoms with Crippen LogP contribution in [0.1, 0.15) is 73.5 Å². The van der Waals surface area contributed by atoms with E-state index in [1.165, 1.54) is 35.3 Å². The van der Waals surface area contributed by atoms with Crippen LogP contribution in [0, 0.1) is 13.8 Å². The third-order valence-corrected chi connectivity index (χ3v) is 7.41. The van der Waals surface area contributed by atoms with Crippen molar-refractivity contribution in [3.05, 3.63) is 51.1 Å². The number of aromatic amines is 1. The molecule has 0 bridgehead atoms. The Morgan fingerprint density at radius 3 is 2.67 bits per heavy atom. The average Bonchev–Trinajstić information content (AvgIpc) is 3.48. The number of tetrazole rings is 1. The number of fused-ring (bicyclic) bond motifs is 1. The molecule has 1 saturated carbocycles. The summed E-state index contributed by atoms with van der Waals surface area (Å²) in [6, 6.07) is 6.67. The Balaban J connectivity index is 1.41. The summed E-state index contributed by atoms with van der Waals surface area (Å²) in [5.41, 5.74) is 4.11. The lowest BCUT2D eigenvalue weighted by atomic mass is 9.95. The number of H-pyrrole nitrogens is 1. The zero-order chi connectivity index (χ0) is 22.8. The summed E-state index contributed by atoms with van der Waals surface area (Å²) >= 11 is 0. The molecule has 8 heteroatoms. The maximum Gasteiger partial charge on any atom is 0.257 e. The molecule has 1 aliphatic heterocycles. The van der Waals surface area contributed by atoms with Crippen LogP contribution < -0.4 is 10.5 Å². The van der Waals surface area contributed by atoms with Gasteiger partial charge >= 0.3 is 0 Å². The monoisotopic (exact) mass is 451 g/mol. The van der Waals surface area contributed by atoms with E-state index in [2.05, 4.69) is 52.6 Å². The van der Waals surface area contributed by atoms with Gasteiger partial charge in [-0.15, -0.1) is 5.10 Å². The van der Waals surface area contributed by atoms with Crippen molar-refractivity contribution in [3.63, 3.8) is 0 Å². The van der Waals surface area contributed by atoms with Crippen molar-refractivity contribution >= 4 is 10.9 Å². The van der Waals surface area contributed by atoms with Crippen LogP contribution in [0.25, 0.3) is 10.9 Å². The fourth-order valence-electron chi connectivity index (χ4n) is 5.42. The van der Waals surface area contributed by atoms with Gasteiger partial charge in [0.05, 0.1) is 11.6 Å². The smallest absolute Gasteiger partial charge is 0.257 e. The Bertz CT molecular complexity index is 1160. The van der Waals surface area contributed by atoms with Crippen molar-refractivity contribution in [1.29, 1.82) is 0 Å². The Morgan fingerprint density at radius 2 is 1.88 bits per heavy atom. The van der Waals surface area contributed by atoms with Crippen molar-refractivity contribution < 1.29 is 9.64 Å². The van der Waals surface area contributed by atoms with Gasteiger partial charge in [-0.1, -0.05) is 19.3 Å². The van der Waals surface area contributed by atoms with E-state index in [1.54, 1.807) is 0 Å². The Kier molecular flexibility index (Phi) is 6.55. The molecule has 8 nitrogen and oxygen atoms in total. The van der Waals surface area contributed by atoms with Crippen LogP contribution in [-0.2, 0) is 17.8 Å². The highest BCUT2D eigenvalue weighted by molar-refractivity contribution is 5.80. The molecule has 176 valence electrons. The molecule has 2 N–H and O–H groups in total. The van der Waals surface area contributed by atoms with Crippen molar-refractivity contribution in [2.75, 3.05) is 13.2 Å². The summed E-state index contributed by atoms with van der Waals surface area (Å²) in [6.45, 7) is 7.17. The number of quaternary nitrogens is 1. The minimum absolute atomic E-state index is 0.0116. The van der Waals surface area contributed by atoms with E-state index in [0.29, 0.717) is 19.1 Å². The van der Waals surface area contributed by atoms with Crippen LogP contribution >= 0.6 is 0 Å². The standard InChI is InChI=1S/C25H34N6O2/c1-17-11-19-13-20(25(32)26-23(19)12-18(17)2)14-30(15-22-9-6-10-33-22)16-24-27-28-29-31(24)21-7-4-3-5-8-21/h11-13,21-22H,3-10,14-16H2,1-2H3,(H,26,32)/p+1/t22-/m0/s1. The van der Waals surface area contributed by atoms with E-state index < -0.39 is 0 Å². The van der Waals surface area contributed by atoms with Gasteiger partial charge in [0, 0.05) is 12.1 Å². The number of benzene rings is 1. The van der Waals surface area contributed by atoms with Gasteiger partial charge in [-0.2, -0.15) is 0 Å². The van der Waals surface area contributed by atoms with E-state index in [-0.39, 0.29) is 11.7 Å². The molecule has 33 heavy (non-hydrogen) atoms. The van der Waals surface area contributed by atoms with Crippen molar-refractivity contribution in [2.24, 2.45) is 0 Å². The molecule has 5 rings (SSSR count). The van der Waals surface area contributed by atoms with Crippen LogP contribution in [0.3, 0.4) is 0 Å². The predicted octanol–water partition coefficient (Wildman–Crippen LogP) is 2.40. The van der Waals surface area contributed by atoms with Gasteiger partial charge < -0.3 is 14.6 Å². The highest BCUT2D eigenvalue weighted by Crippen LogP contribution is 2.27. The molecule has 2 aromatic heterocycles. The third-order valence-electron chi connectivity index (χ3n) is 7.41. The molecular weight excluding hydrogens is 416 g/mol. The van der Waals surface area contributed by atoms with E-state index in [4.69, 9.17) is 4.74 Å². The second-order valence-electron chi connectivity index (χ2n) is 9.92. The third kappa shape index (κ3) is 5.01. The van der Waals surface area contributed by atoms with E-state index in [0.717, 1.165) is 61.1 Å². The second kappa shape index (κ2) is 9.73. The van der Waals surface area contributed by atoms with Gasteiger partial charge in [0.2, 0.25) is 5.82 Å². The van der Waals surface area contributed by atoms with Crippen molar-refractivity contribution in [2.45, 2.75) is 84.0 Å². The highest BCUT2D eigenvalue weighted by atomic mass is 16.5. The first-order chi connectivity index (χ1) is 16.1. The molecule has 2 atom stereocenters. The molecule has 0 amide bonds. The number of ether oxygens (including phenoxy) is 1. The molecule has 1 aromatic carbocycles. The number of hydrogen-bond donors (Lipinski definition) is 2. The lowest BCUT2D eigenvalue weighted by Crippen LogP contribution is -3.10. The topological polar surface area (TPSA) is 90.1 Å². The number of hydrogen-bond acceptors (Lipinski definition) is 5. The van der Waals surface area contributed by atoms with Crippen LogP contribution in [0.2, 0.25) is 0 Å². The highest BCUT2D eigenvalue weighted by Gasteiger charge is 2.27. The molecule has 3 aromatic rings. The molecule has 3 heterocycles. The number of aryl methyl sites for hydroxylation is 2. The van der Waals surface area contributed by atoms with Crippen LogP contribution in [-0.4, -0.2) is 44.4 Å². The average molecular weight is 452 g/mol. The second-order valence-corrected chi connectivity index (χ2v) is 9.92. The zero-order valence-corrected chi connectivity index (χ0v) is 19.8. The minimum Gasteiger partial charge on any atom is -0.372 e. The molecular formula is C25H35N6O2+. The van der Waals surface area contributed by atoms with Gasteiger partial charge in [-0.25, -0.2) is 4.68 Å². The number of rotatable bonds is 7. The van der Waals surface area contributed by atoms with Crippen LogP contribution in [0.15, 0.2) is 23.0 Å². The van der Waals surface area contributed by atoms with Crippen molar-refractivity contribution in [3.8, 4) is 0 Å². The molecule has 0 radical (unpaired) electrons. The van der Waals surface area contributed by atoms with Crippen LogP contribution in [0.5, 0.6) is 0 Å². The number of nitrogens with zero attached hydrogens (tertiary/aromatic N) is 4. The fraction of sp³-hybridized carbons (Fsp3) is 0.600. The minimum atomic E-state index is -0.0116. The van der Waals surface area contributed by atoms with Gasteiger partial charge in [0.25, 0.3) is 5.56 Å². The summed E-state index contributed by atoms with van der Waals surface area (Å²) < 4.78 is 8.00. The molecule has 2 fully saturated rings. The molecule has 1 saturated heterocycles. The summed E-state index contributed by atoms with van der Waals surface area (Å²) in [5, 5.41) is 13.8. The quantitative estimate of drug-likeness (QED) is 0.576. The first-order valence-corrected chi connectivity index (χ1v) is 12.4. The fourth-order valence-corrected chi connectivity index (χ4v) is 5.42. The summed E-state index contributed by atoms with van der Waals surface area (Å²) in [5.74, 6) is 0.915. The normalized spacial score (nSPS) is 20.5. The molecule has 1 unspecified atom stereocenters.